The first kappa shape index (κ1) is 20.9. The first-order valence-corrected chi connectivity index (χ1v) is 10.6. The van der Waals surface area contributed by atoms with Crippen LogP contribution in [0.3, 0.4) is 0 Å². The van der Waals surface area contributed by atoms with Crippen molar-refractivity contribution in [3.8, 4) is 5.75 Å². The van der Waals surface area contributed by atoms with Gasteiger partial charge in [0.05, 0.1) is 11.4 Å². The molecule has 0 bridgehead atoms. The fraction of sp³-hybridized carbons (Fsp3) is 0.120. The molecule has 0 aromatic heterocycles. The molecule has 0 radical (unpaired) electrons. The predicted molar refractivity (Wildman–Crippen MR) is 120 cm³/mol. The Kier molecular flexibility index (Phi) is 6.18. The van der Waals surface area contributed by atoms with Crippen LogP contribution in [-0.4, -0.2) is 16.0 Å². The van der Waals surface area contributed by atoms with E-state index in [1.165, 1.54) is 11.0 Å². The maximum absolute atomic E-state index is 13.8. The van der Waals surface area contributed by atoms with Crippen LogP contribution in [0.15, 0.2) is 77.7 Å². The van der Waals surface area contributed by atoms with Crippen molar-refractivity contribution in [2.45, 2.75) is 20.1 Å². The molecule has 0 atom stereocenters. The molecule has 1 heterocycles. The van der Waals surface area contributed by atoms with Gasteiger partial charge in [0.2, 0.25) is 0 Å². The Morgan fingerprint density at radius 1 is 1.00 bits per heavy atom. The van der Waals surface area contributed by atoms with E-state index in [1.807, 2.05) is 37.3 Å². The van der Waals surface area contributed by atoms with Gasteiger partial charge in [-0.2, -0.15) is 0 Å². The number of rotatable bonds is 6. The average Bonchev–Trinajstić information content (AvgIpc) is 3.01. The van der Waals surface area contributed by atoms with Crippen molar-refractivity contribution in [3.05, 3.63) is 106 Å². The number of thioether (sulfide) groups is 1. The van der Waals surface area contributed by atoms with Crippen LogP contribution in [0.5, 0.6) is 5.75 Å². The lowest BCUT2D eigenvalue weighted by Gasteiger charge is -2.12. The smallest absolute Gasteiger partial charge is 0.293 e. The molecule has 1 aliphatic heterocycles. The number of hydrogen-bond acceptors (Lipinski definition) is 4. The molecule has 6 heteroatoms. The number of benzene rings is 3. The second kappa shape index (κ2) is 9.18. The van der Waals surface area contributed by atoms with Crippen molar-refractivity contribution in [2.75, 3.05) is 0 Å². The lowest BCUT2D eigenvalue weighted by molar-refractivity contribution is -0.123. The Labute approximate surface area is 184 Å². The molecule has 3 aromatic rings. The molecular weight excluding hydrogens is 413 g/mol. The highest BCUT2D eigenvalue weighted by atomic mass is 32.2. The van der Waals surface area contributed by atoms with Gasteiger partial charge in [0.15, 0.2) is 0 Å². The fourth-order valence-corrected chi connectivity index (χ4v) is 4.09. The average molecular weight is 434 g/mol. The molecule has 3 aromatic carbocycles. The van der Waals surface area contributed by atoms with Crippen molar-refractivity contribution in [1.29, 1.82) is 0 Å². The third kappa shape index (κ3) is 5.03. The van der Waals surface area contributed by atoms with E-state index < -0.39 is 0 Å². The van der Waals surface area contributed by atoms with Gasteiger partial charge in [-0.1, -0.05) is 60.2 Å². The van der Waals surface area contributed by atoms with Gasteiger partial charge in [0, 0.05) is 5.56 Å². The van der Waals surface area contributed by atoms with E-state index in [9.17, 15) is 14.0 Å². The largest absolute Gasteiger partial charge is 0.489 e. The van der Waals surface area contributed by atoms with Crippen LogP contribution in [0.25, 0.3) is 6.08 Å². The summed E-state index contributed by atoms with van der Waals surface area (Å²) in [6, 6.07) is 21.3. The number of ether oxygens (including phenoxy) is 1. The van der Waals surface area contributed by atoms with Crippen LogP contribution in [0.4, 0.5) is 9.18 Å². The highest BCUT2D eigenvalue weighted by molar-refractivity contribution is 8.18. The monoisotopic (exact) mass is 433 g/mol. The van der Waals surface area contributed by atoms with Crippen molar-refractivity contribution in [3.63, 3.8) is 0 Å². The second-order valence-corrected chi connectivity index (χ2v) is 8.20. The standard InChI is InChI=1S/C25H20FNO3S/c1-17-6-4-8-19(12-17)15-27-24(28)23(31-25(27)29)14-18-7-5-10-21(13-18)30-16-20-9-2-3-11-22(20)26/h2-14H,15-16H2,1H3/b23-14-. The second-order valence-electron chi connectivity index (χ2n) is 7.21. The molecule has 1 aliphatic rings. The number of amides is 2. The normalized spacial score (nSPS) is 15.0. The van der Waals surface area contributed by atoms with E-state index in [0.717, 1.165) is 28.5 Å². The summed E-state index contributed by atoms with van der Waals surface area (Å²) in [6.45, 7) is 2.32. The Morgan fingerprint density at radius 2 is 1.81 bits per heavy atom. The Balaban J connectivity index is 1.47. The van der Waals surface area contributed by atoms with E-state index in [4.69, 9.17) is 4.74 Å². The third-order valence-electron chi connectivity index (χ3n) is 4.80. The summed E-state index contributed by atoms with van der Waals surface area (Å²) in [5.74, 6) is -0.0777. The van der Waals surface area contributed by atoms with Crippen LogP contribution in [-0.2, 0) is 17.9 Å². The summed E-state index contributed by atoms with van der Waals surface area (Å²) in [5, 5.41) is -0.287. The minimum Gasteiger partial charge on any atom is -0.489 e. The van der Waals surface area contributed by atoms with Crippen LogP contribution >= 0.6 is 11.8 Å². The molecule has 156 valence electrons. The van der Waals surface area contributed by atoms with Crippen LogP contribution in [0, 0.1) is 12.7 Å². The van der Waals surface area contributed by atoms with Gasteiger partial charge in [0.25, 0.3) is 11.1 Å². The van der Waals surface area contributed by atoms with Crippen molar-refractivity contribution in [2.24, 2.45) is 0 Å². The van der Waals surface area contributed by atoms with E-state index >= 15 is 0 Å². The van der Waals surface area contributed by atoms with E-state index in [-0.39, 0.29) is 30.1 Å². The zero-order valence-electron chi connectivity index (χ0n) is 16.9. The molecule has 2 amide bonds. The van der Waals surface area contributed by atoms with Crippen LogP contribution < -0.4 is 4.74 Å². The Bertz CT molecular complexity index is 1170. The number of carbonyl (C=O) groups is 2. The van der Waals surface area contributed by atoms with E-state index in [0.29, 0.717) is 16.2 Å². The van der Waals surface area contributed by atoms with Gasteiger partial charge in [-0.15, -0.1) is 0 Å². The zero-order chi connectivity index (χ0) is 21.8. The van der Waals surface area contributed by atoms with Crippen LogP contribution in [0.1, 0.15) is 22.3 Å². The summed E-state index contributed by atoms with van der Waals surface area (Å²) in [6.07, 6.45) is 1.68. The van der Waals surface area contributed by atoms with Gasteiger partial charge in [0.1, 0.15) is 18.2 Å². The summed E-state index contributed by atoms with van der Waals surface area (Å²) in [5.41, 5.74) is 3.18. The number of nitrogens with zero attached hydrogens (tertiary/aromatic N) is 1. The number of imide groups is 1. The molecule has 31 heavy (non-hydrogen) atoms. The molecule has 0 saturated carbocycles. The minimum atomic E-state index is -0.319. The molecule has 4 nitrogen and oxygen atoms in total. The molecule has 0 aliphatic carbocycles. The lowest BCUT2D eigenvalue weighted by Crippen LogP contribution is -2.27. The first-order chi connectivity index (χ1) is 15.0. The highest BCUT2D eigenvalue weighted by Crippen LogP contribution is 2.33. The molecular formula is C25H20FNO3S. The van der Waals surface area contributed by atoms with Gasteiger partial charge in [-0.05, 0) is 54.1 Å². The number of carbonyl (C=O) groups excluding carboxylic acids is 2. The molecule has 0 unspecified atom stereocenters. The topological polar surface area (TPSA) is 46.6 Å². The quantitative estimate of drug-likeness (QED) is 0.451. The van der Waals surface area contributed by atoms with Crippen molar-refractivity contribution < 1.29 is 18.7 Å². The number of hydrogen-bond donors (Lipinski definition) is 0. The molecule has 0 N–H and O–H groups in total. The summed E-state index contributed by atoms with van der Waals surface area (Å²) < 4.78 is 19.5. The molecule has 1 saturated heterocycles. The minimum absolute atomic E-state index is 0.100. The van der Waals surface area contributed by atoms with Gasteiger partial charge >= 0.3 is 0 Å². The van der Waals surface area contributed by atoms with Crippen molar-refractivity contribution >= 4 is 29.0 Å². The predicted octanol–water partition coefficient (Wildman–Crippen LogP) is 5.95. The fourth-order valence-electron chi connectivity index (χ4n) is 3.25. The third-order valence-corrected chi connectivity index (χ3v) is 5.71. The maximum atomic E-state index is 13.8. The Morgan fingerprint density at radius 3 is 2.61 bits per heavy atom. The van der Waals surface area contributed by atoms with E-state index in [2.05, 4.69) is 0 Å². The Hall–Kier alpha value is -3.38. The zero-order valence-corrected chi connectivity index (χ0v) is 17.7. The van der Waals surface area contributed by atoms with Gasteiger partial charge in [-0.25, -0.2) is 4.39 Å². The summed E-state index contributed by atoms with van der Waals surface area (Å²) in [7, 11) is 0. The van der Waals surface area contributed by atoms with Crippen LogP contribution in [0.2, 0.25) is 0 Å². The lowest BCUT2D eigenvalue weighted by atomic mass is 10.1. The number of halogens is 1. The van der Waals surface area contributed by atoms with Gasteiger partial charge in [-0.3, -0.25) is 14.5 Å². The highest BCUT2D eigenvalue weighted by Gasteiger charge is 2.34. The first-order valence-electron chi connectivity index (χ1n) is 9.77. The summed E-state index contributed by atoms with van der Waals surface area (Å²) >= 11 is 0.926. The molecule has 4 rings (SSSR count). The molecule has 1 fully saturated rings. The SMILES string of the molecule is Cc1cccc(CN2C(=O)S/C(=C\c3cccc(OCc4ccccc4F)c3)C2=O)c1. The van der Waals surface area contributed by atoms with Gasteiger partial charge < -0.3 is 4.74 Å². The number of aryl methyl sites for hydroxylation is 1. The van der Waals surface area contributed by atoms with Crippen molar-refractivity contribution in [1.82, 2.24) is 4.90 Å². The van der Waals surface area contributed by atoms with E-state index in [1.54, 1.807) is 42.5 Å². The molecule has 0 spiro atoms. The maximum Gasteiger partial charge on any atom is 0.293 e. The summed E-state index contributed by atoms with van der Waals surface area (Å²) in [4.78, 5) is 26.8.